The molecular weight excluding hydrogens is 504 g/mol. The number of ether oxygens (including phenoxy) is 1. The van der Waals surface area contributed by atoms with E-state index in [1.165, 1.54) is 16.9 Å². The zero-order valence-electron chi connectivity index (χ0n) is 19.0. The molecule has 0 saturated heterocycles. The molecule has 0 bridgehead atoms. The number of aromatic nitrogens is 1. The van der Waals surface area contributed by atoms with Gasteiger partial charge in [0.2, 0.25) is 10.9 Å². The van der Waals surface area contributed by atoms with Crippen LogP contribution in [0, 0.1) is 0 Å². The summed E-state index contributed by atoms with van der Waals surface area (Å²) in [4.78, 5) is 16.4. The van der Waals surface area contributed by atoms with Crippen molar-refractivity contribution in [3.05, 3.63) is 87.9 Å². The summed E-state index contributed by atoms with van der Waals surface area (Å²) in [5, 5.41) is 11.9. The van der Waals surface area contributed by atoms with Crippen molar-refractivity contribution in [2.45, 2.75) is 31.2 Å². The number of carbonyl (C=O) groups is 1. The fourth-order valence-electron chi connectivity index (χ4n) is 3.59. The highest BCUT2D eigenvalue weighted by Crippen LogP contribution is 2.36. The van der Waals surface area contributed by atoms with Gasteiger partial charge in [-0.15, -0.1) is 23.1 Å². The first-order chi connectivity index (χ1) is 17.0. The third-order valence-corrected chi connectivity index (χ3v) is 7.52. The van der Waals surface area contributed by atoms with E-state index in [2.05, 4.69) is 37.9 Å². The molecule has 1 aliphatic rings. The van der Waals surface area contributed by atoms with Crippen molar-refractivity contribution in [1.82, 2.24) is 10.3 Å². The van der Waals surface area contributed by atoms with Crippen LogP contribution >= 0.6 is 23.1 Å². The van der Waals surface area contributed by atoms with Gasteiger partial charge in [0.1, 0.15) is 5.37 Å². The maximum absolute atomic E-state index is 11.8. The number of thioether (sulfide) groups is 1. The molecule has 0 amide bonds. The molecule has 11 heteroatoms. The molecule has 0 spiro atoms. The largest absolute Gasteiger partial charge is 0.466 e. The number of thiol groups is 1. The Morgan fingerprint density at radius 3 is 2.66 bits per heavy atom. The van der Waals surface area contributed by atoms with E-state index < -0.39 is 10.9 Å². The number of esters is 1. The van der Waals surface area contributed by atoms with Crippen LogP contribution in [0.4, 0.5) is 10.8 Å². The smallest absolute Gasteiger partial charge is 0.311 e. The Morgan fingerprint density at radius 2 is 1.94 bits per heavy atom. The van der Waals surface area contributed by atoms with E-state index in [9.17, 15) is 13.2 Å². The third-order valence-electron chi connectivity index (χ3n) is 5.20. The molecule has 2 aromatic carbocycles. The van der Waals surface area contributed by atoms with Gasteiger partial charge in [0, 0.05) is 16.8 Å². The van der Waals surface area contributed by atoms with Crippen LogP contribution in [-0.4, -0.2) is 32.0 Å². The van der Waals surface area contributed by atoms with Gasteiger partial charge in [-0.3, -0.25) is 9.52 Å². The third kappa shape index (κ3) is 7.23. The fraction of sp³-hybridized carbons (Fsp3) is 0.250. The predicted molar refractivity (Wildman–Crippen MR) is 142 cm³/mol. The van der Waals surface area contributed by atoms with Crippen LogP contribution in [0.15, 0.2) is 71.1 Å². The first kappa shape index (κ1) is 25.1. The number of nitrogens with one attached hydrogen (secondary N) is 3. The maximum atomic E-state index is 11.8. The van der Waals surface area contributed by atoms with Crippen LogP contribution in [0.2, 0.25) is 0 Å². The fourth-order valence-corrected chi connectivity index (χ4v) is 5.75. The molecule has 0 aliphatic carbocycles. The quantitative estimate of drug-likeness (QED) is 0.217. The van der Waals surface area contributed by atoms with E-state index >= 15 is 0 Å². The minimum atomic E-state index is -2.70. The van der Waals surface area contributed by atoms with Crippen LogP contribution in [0.5, 0.6) is 0 Å². The SMILES string of the molecule is CCOC(=O)Cc1csc(N[C@@H](Cc2ccc(N[SH](=O)=O)cc2)C2=CSC(c3ccccc3)N2)n1. The number of carbonyl (C=O) groups excluding carboxylic acids is 1. The molecule has 2 atom stereocenters. The van der Waals surface area contributed by atoms with Gasteiger partial charge in [0.25, 0.3) is 0 Å². The summed E-state index contributed by atoms with van der Waals surface area (Å²) >= 11 is 3.16. The normalized spacial score (nSPS) is 15.8. The van der Waals surface area contributed by atoms with Gasteiger partial charge in [-0.05, 0) is 42.0 Å². The van der Waals surface area contributed by atoms with Gasteiger partial charge in [0.05, 0.1) is 24.8 Å². The average Bonchev–Trinajstić information content (AvgIpc) is 3.50. The van der Waals surface area contributed by atoms with Crippen LogP contribution < -0.4 is 15.4 Å². The topological polar surface area (TPSA) is 109 Å². The van der Waals surface area contributed by atoms with Crippen LogP contribution in [-0.2, 0) is 33.3 Å². The van der Waals surface area contributed by atoms with Crippen molar-refractivity contribution in [2.24, 2.45) is 0 Å². The molecule has 0 saturated carbocycles. The Bertz CT molecular complexity index is 1240. The lowest BCUT2D eigenvalue weighted by Crippen LogP contribution is -2.31. The van der Waals surface area contributed by atoms with E-state index in [4.69, 9.17) is 4.74 Å². The molecule has 4 rings (SSSR count). The minimum absolute atomic E-state index is 0.104. The predicted octanol–water partition coefficient (Wildman–Crippen LogP) is 4.09. The number of hydrogen-bond acceptors (Lipinski definition) is 9. The first-order valence-electron chi connectivity index (χ1n) is 11.0. The number of benzene rings is 2. The molecular formula is C24H26N4O4S3. The number of nitrogens with zero attached hydrogens (tertiary/aromatic N) is 1. The van der Waals surface area contributed by atoms with Crippen LogP contribution in [0.1, 0.15) is 29.1 Å². The van der Waals surface area contributed by atoms with Gasteiger partial charge in [-0.2, -0.15) is 0 Å². The Hall–Kier alpha value is -3.02. The Kier molecular flexibility index (Phi) is 8.67. The van der Waals surface area contributed by atoms with Crippen molar-refractivity contribution >= 4 is 50.8 Å². The lowest BCUT2D eigenvalue weighted by molar-refractivity contribution is -0.142. The highest BCUT2D eigenvalue weighted by molar-refractivity contribution is 8.02. The summed E-state index contributed by atoms with van der Waals surface area (Å²) in [7, 11) is -2.70. The van der Waals surface area contributed by atoms with Gasteiger partial charge < -0.3 is 15.4 Å². The monoisotopic (exact) mass is 530 g/mol. The Morgan fingerprint density at radius 1 is 1.17 bits per heavy atom. The molecule has 8 nitrogen and oxygen atoms in total. The van der Waals surface area contributed by atoms with E-state index in [1.807, 2.05) is 35.7 Å². The second-order valence-electron chi connectivity index (χ2n) is 7.74. The van der Waals surface area contributed by atoms with E-state index in [0.717, 1.165) is 11.3 Å². The summed E-state index contributed by atoms with van der Waals surface area (Å²) in [6.07, 6.45) is 0.789. The average molecular weight is 531 g/mol. The molecule has 0 fully saturated rings. The van der Waals surface area contributed by atoms with Gasteiger partial charge in [-0.1, -0.05) is 42.5 Å². The molecule has 3 N–H and O–H groups in total. The number of hydrogen-bond donors (Lipinski definition) is 4. The number of rotatable bonds is 11. The molecule has 184 valence electrons. The second-order valence-corrected chi connectivity index (χ2v) is 10.3. The standard InChI is InChI=1S/C24H26N4O4S3/c1-2-32-22(29)13-19-14-34-24(25-19)27-20(12-16-8-10-18(11-9-16)28-35(30)31)21-15-33-23(26-21)17-6-4-3-5-7-17/h3-11,14-15,20,23,26,35H,2,12-13H2,1H3,(H,25,27)(H,28,30,31)/t20-,23?/m0/s1. The molecule has 1 unspecified atom stereocenters. The minimum Gasteiger partial charge on any atom is -0.466 e. The summed E-state index contributed by atoms with van der Waals surface area (Å²) in [6.45, 7) is 2.12. The molecule has 1 aliphatic heterocycles. The highest BCUT2D eigenvalue weighted by atomic mass is 32.2. The van der Waals surface area contributed by atoms with Gasteiger partial charge >= 0.3 is 5.97 Å². The summed E-state index contributed by atoms with van der Waals surface area (Å²) < 4.78 is 29.3. The zero-order valence-corrected chi connectivity index (χ0v) is 21.5. The second kappa shape index (κ2) is 12.1. The van der Waals surface area contributed by atoms with Crippen molar-refractivity contribution < 1.29 is 17.9 Å². The lowest BCUT2D eigenvalue weighted by Gasteiger charge is -2.22. The number of anilines is 2. The van der Waals surface area contributed by atoms with Gasteiger partial charge in [-0.25, -0.2) is 13.4 Å². The molecule has 0 radical (unpaired) electrons. The van der Waals surface area contributed by atoms with E-state index in [1.54, 1.807) is 30.8 Å². The summed E-state index contributed by atoms with van der Waals surface area (Å²) in [6, 6.07) is 17.4. The first-order valence-corrected chi connectivity index (χ1v) is 14.0. The van der Waals surface area contributed by atoms with Crippen molar-refractivity contribution in [1.29, 1.82) is 0 Å². The summed E-state index contributed by atoms with van der Waals surface area (Å²) in [5.74, 6) is -0.295. The van der Waals surface area contributed by atoms with E-state index in [-0.39, 0.29) is 23.8 Å². The highest BCUT2D eigenvalue weighted by Gasteiger charge is 2.25. The van der Waals surface area contributed by atoms with Crippen molar-refractivity contribution in [3.8, 4) is 0 Å². The number of thiazole rings is 1. The molecule has 2 heterocycles. The van der Waals surface area contributed by atoms with E-state index in [0.29, 0.717) is 29.5 Å². The molecule has 1 aromatic heterocycles. The zero-order chi connectivity index (χ0) is 24.6. The lowest BCUT2D eigenvalue weighted by atomic mass is 10.0. The van der Waals surface area contributed by atoms with Crippen molar-refractivity contribution in [3.63, 3.8) is 0 Å². The Labute approximate surface area is 214 Å². The van der Waals surface area contributed by atoms with Gasteiger partial charge in [0.15, 0.2) is 5.13 Å². The molecule has 35 heavy (non-hydrogen) atoms. The summed E-state index contributed by atoms with van der Waals surface area (Å²) in [5.41, 5.74) is 4.46. The van der Waals surface area contributed by atoms with Crippen LogP contribution in [0.3, 0.4) is 0 Å². The maximum Gasteiger partial charge on any atom is 0.311 e. The molecule has 3 aromatic rings. The Balaban J connectivity index is 1.49. The van der Waals surface area contributed by atoms with Crippen LogP contribution in [0.25, 0.3) is 0 Å². The van der Waals surface area contributed by atoms with Crippen molar-refractivity contribution in [2.75, 3.05) is 16.6 Å².